The van der Waals surface area contributed by atoms with Crippen LogP contribution in [0.1, 0.15) is 71.9 Å². The average Bonchev–Trinajstić information content (AvgIpc) is 3.19. The van der Waals surface area contributed by atoms with E-state index in [4.69, 9.17) is 9.15 Å². The highest BCUT2D eigenvalue weighted by atomic mass is 16.5. The van der Waals surface area contributed by atoms with Gasteiger partial charge in [0, 0.05) is 36.3 Å². The van der Waals surface area contributed by atoms with E-state index in [-0.39, 0.29) is 23.1 Å². The number of nitrogens with zero attached hydrogens (tertiary/aromatic N) is 1. The van der Waals surface area contributed by atoms with E-state index in [1.54, 1.807) is 0 Å². The quantitative estimate of drug-likeness (QED) is 0.513. The first kappa shape index (κ1) is 22.5. The number of amides is 1. The summed E-state index contributed by atoms with van der Waals surface area (Å²) in [5, 5.41) is 3.69. The predicted octanol–water partition coefficient (Wildman–Crippen LogP) is 5.67. The molecular formula is C28H32N2O4. The Balaban J connectivity index is 1.35. The summed E-state index contributed by atoms with van der Waals surface area (Å²) in [6.45, 7) is 5.97. The first-order valence-corrected chi connectivity index (χ1v) is 12.4. The van der Waals surface area contributed by atoms with Crippen LogP contribution in [-0.2, 0) is 0 Å². The second kappa shape index (κ2) is 9.16. The highest BCUT2D eigenvalue weighted by Gasteiger charge is 2.42. The van der Waals surface area contributed by atoms with Gasteiger partial charge >= 0.3 is 0 Å². The Hall–Kier alpha value is -3.28. The summed E-state index contributed by atoms with van der Waals surface area (Å²) < 4.78 is 12.4. The molecule has 5 rings (SSSR count). The minimum absolute atomic E-state index is 0.0889. The number of fused-ring (bicyclic) bond motifs is 3. The Morgan fingerprint density at radius 2 is 1.85 bits per heavy atom. The minimum Gasteiger partial charge on any atom is -0.486 e. The van der Waals surface area contributed by atoms with Gasteiger partial charge in [-0.3, -0.25) is 9.59 Å². The van der Waals surface area contributed by atoms with Crippen LogP contribution in [0.15, 0.2) is 46.9 Å². The van der Waals surface area contributed by atoms with Gasteiger partial charge in [-0.2, -0.15) is 0 Å². The van der Waals surface area contributed by atoms with Crippen LogP contribution in [-0.4, -0.2) is 36.9 Å². The number of para-hydroxylation sites is 1. The van der Waals surface area contributed by atoms with Crippen LogP contribution in [0.25, 0.3) is 11.0 Å². The monoisotopic (exact) mass is 460 g/mol. The van der Waals surface area contributed by atoms with Crippen molar-refractivity contribution in [3.63, 3.8) is 0 Å². The van der Waals surface area contributed by atoms with E-state index < -0.39 is 0 Å². The van der Waals surface area contributed by atoms with E-state index in [2.05, 4.69) is 29.3 Å². The van der Waals surface area contributed by atoms with E-state index in [1.807, 2.05) is 37.3 Å². The van der Waals surface area contributed by atoms with Gasteiger partial charge < -0.3 is 19.4 Å². The molecule has 1 saturated carbocycles. The summed E-state index contributed by atoms with van der Waals surface area (Å²) in [6, 6.07) is 13.8. The molecule has 6 nitrogen and oxygen atoms in total. The summed E-state index contributed by atoms with van der Waals surface area (Å²) in [5.41, 5.74) is 2.57. The molecule has 2 aliphatic rings. The zero-order chi connectivity index (χ0) is 23.7. The van der Waals surface area contributed by atoms with Crippen LogP contribution in [0.5, 0.6) is 5.75 Å². The van der Waals surface area contributed by atoms with Crippen molar-refractivity contribution in [1.82, 2.24) is 5.32 Å². The number of furan rings is 1. The highest BCUT2D eigenvalue weighted by Crippen LogP contribution is 2.45. The number of likely N-dealkylation sites (N-methyl/N-ethyl adjacent to an activating group) is 1. The van der Waals surface area contributed by atoms with Gasteiger partial charge in [0.2, 0.25) is 0 Å². The van der Waals surface area contributed by atoms with E-state index in [1.165, 1.54) is 6.42 Å². The lowest BCUT2D eigenvalue weighted by atomic mass is 9.78. The normalized spacial score (nSPS) is 16.8. The van der Waals surface area contributed by atoms with Crippen LogP contribution in [0.4, 0.5) is 5.69 Å². The zero-order valence-electron chi connectivity index (χ0n) is 20.0. The van der Waals surface area contributed by atoms with Crippen molar-refractivity contribution in [2.45, 2.75) is 58.0 Å². The standard InChI is InChI=1S/C28H32N2O4/c1-3-30(20-10-6-4-7-11-20)17-16-29-27(32)26-19(2)24-22(33-26)12-13-23-25(24)21(31)18-28(34-23)14-8-5-9-15-28/h4,6-7,10-13H,3,5,8-9,14-18H2,1-2H3,(H,29,32). The van der Waals surface area contributed by atoms with Crippen molar-refractivity contribution in [2.24, 2.45) is 0 Å². The Bertz CT molecular complexity index is 1210. The number of carbonyl (C=O) groups excluding carboxylic acids is 2. The molecule has 178 valence electrons. The second-order valence-electron chi connectivity index (χ2n) is 9.48. The number of ketones is 1. The number of hydrogen-bond acceptors (Lipinski definition) is 5. The fourth-order valence-corrected chi connectivity index (χ4v) is 5.52. The fraction of sp³-hybridized carbons (Fsp3) is 0.429. The third kappa shape index (κ3) is 4.06. The van der Waals surface area contributed by atoms with Crippen molar-refractivity contribution in [3.8, 4) is 5.75 Å². The van der Waals surface area contributed by atoms with Crippen LogP contribution in [0.3, 0.4) is 0 Å². The van der Waals surface area contributed by atoms with Crippen molar-refractivity contribution >= 4 is 28.3 Å². The predicted molar refractivity (Wildman–Crippen MR) is 133 cm³/mol. The van der Waals surface area contributed by atoms with Gasteiger partial charge in [-0.1, -0.05) is 24.6 Å². The van der Waals surface area contributed by atoms with Crippen LogP contribution >= 0.6 is 0 Å². The van der Waals surface area contributed by atoms with Gasteiger partial charge in [0.15, 0.2) is 11.5 Å². The lowest BCUT2D eigenvalue weighted by molar-refractivity contribution is 0.0139. The minimum atomic E-state index is -0.363. The van der Waals surface area contributed by atoms with E-state index in [0.29, 0.717) is 47.4 Å². The third-order valence-corrected chi connectivity index (χ3v) is 7.29. The third-order valence-electron chi connectivity index (χ3n) is 7.29. The number of ether oxygens (including phenoxy) is 1. The number of aryl methyl sites for hydroxylation is 1. The smallest absolute Gasteiger partial charge is 0.287 e. The molecule has 2 aromatic carbocycles. The lowest BCUT2D eigenvalue weighted by Crippen LogP contribution is -2.43. The van der Waals surface area contributed by atoms with Crippen molar-refractivity contribution in [2.75, 3.05) is 24.5 Å². The Kier molecular flexibility index (Phi) is 6.07. The number of nitrogens with one attached hydrogen (secondary N) is 1. The average molecular weight is 461 g/mol. The Labute approximate surface area is 200 Å². The summed E-state index contributed by atoms with van der Waals surface area (Å²) in [6.07, 6.45) is 5.64. The molecule has 1 aliphatic heterocycles. The Morgan fingerprint density at radius 3 is 2.59 bits per heavy atom. The molecule has 1 amide bonds. The number of rotatable bonds is 6. The maximum Gasteiger partial charge on any atom is 0.287 e. The topological polar surface area (TPSA) is 71.8 Å². The van der Waals surface area contributed by atoms with Gasteiger partial charge in [-0.05, 0) is 63.8 Å². The molecule has 1 spiro atoms. The first-order chi connectivity index (χ1) is 16.5. The number of hydrogen-bond donors (Lipinski definition) is 1. The van der Waals surface area contributed by atoms with Crippen molar-refractivity contribution < 1.29 is 18.7 Å². The Morgan fingerprint density at radius 1 is 1.09 bits per heavy atom. The largest absolute Gasteiger partial charge is 0.486 e. The first-order valence-electron chi connectivity index (χ1n) is 12.4. The number of benzene rings is 2. The van der Waals surface area contributed by atoms with Crippen molar-refractivity contribution in [1.29, 1.82) is 0 Å². The number of carbonyl (C=O) groups is 2. The molecule has 0 saturated heterocycles. The van der Waals surface area contributed by atoms with E-state index >= 15 is 0 Å². The van der Waals surface area contributed by atoms with Gasteiger partial charge in [0.25, 0.3) is 5.91 Å². The van der Waals surface area contributed by atoms with Gasteiger partial charge in [-0.25, -0.2) is 0 Å². The molecule has 1 aromatic heterocycles. The van der Waals surface area contributed by atoms with Gasteiger partial charge in [0.05, 0.1) is 12.0 Å². The molecule has 1 aliphatic carbocycles. The summed E-state index contributed by atoms with van der Waals surface area (Å²) in [4.78, 5) is 28.5. The van der Waals surface area contributed by atoms with Gasteiger partial charge in [-0.15, -0.1) is 0 Å². The van der Waals surface area contributed by atoms with Gasteiger partial charge in [0.1, 0.15) is 16.9 Å². The zero-order valence-corrected chi connectivity index (χ0v) is 20.0. The summed E-state index contributed by atoms with van der Waals surface area (Å²) >= 11 is 0. The molecule has 3 aromatic rings. The molecular weight excluding hydrogens is 428 g/mol. The highest BCUT2D eigenvalue weighted by molar-refractivity contribution is 6.13. The molecule has 6 heteroatoms. The summed E-state index contributed by atoms with van der Waals surface area (Å²) in [5.74, 6) is 0.713. The van der Waals surface area contributed by atoms with Crippen molar-refractivity contribution in [3.05, 3.63) is 59.4 Å². The molecule has 0 atom stereocenters. The molecule has 1 fully saturated rings. The second-order valence-corrected chi connectivity index (χ2v) is 9.48. The number of anilines is 1. The maximum absolute atomic E-state index is 13.3. The van der Waals surface area contributed by atoms with Crippen LogP contribution < -0.4 is 15.0 Å². The van der Waals surface area contributed by atoms with Crippen LogP contribution in [0.2, 0.25) is 0 Å². The van der Waals surface area contributed by atoms with E-state index in [0.717, 1.165) is 37.9 Å². The van der Waals surface area contributed by atoms with Crippen LogP contribution in [0, 0.1) is 6.92 Å². The molecule has 1 N–H and O–H groups in total. The molecule has 2 heterocycles. The maximum atomic E-state index is 13.3. The van der Waals surface area contributed by atoms with E-state index in [9.17, 15) is 9.59 Å². The molecule has 0 unspecified atom stereocenters. The lowest BCUT2D eigenvalue weighted by Gasteiger charge is -2.40. The SMILES string of the molecule is CCN(CCNC(=O)c1oc2ccc3c(c2c1C)C(=O)CC1(CCCCC1)O3)c1ccccc1. The number of Topliss-reactive ketones (excluding diaryl/α,β-unsaturated/α-hetero) is 1. The fourth-order valence-electron chi connectivity index (χ4n) is 5.52. The molecule has 0 bridgehead atoms. The molecule has 34 heavy (non-hydrogen) atoms. The summed E-state index contributed by atoms with van der Waals surface area (Å²) in [7, 11) is 0. The molecule has 0 radical (unpaired) electrons.